The second-order valence-corrected chi connectivity index (χ2v) is 5.09. The van der Waals surface area contributed by atoms with E-state index < -0.39 is 0 Å². The van der Waals surface area contributed by atoms with Crippen molar-refractivity contribution in [1.82, 2.24) is 10.2 Å². The fourth-order valence-electron chi connectivity index (χ4n) is 1.29. The molecule has 0 saturated carbocycles. The fourth-order valence-corrected chi connectivity index (χ4v) is 1.29. The molecule has 0 atom stereocenters. The fraction of sp³-hybridized carbons (Fsp3) is 0.833. The van der Waals surface area contributed by atoms with E-state index in [0.717, 1.165) is 19.6 Å². The topological polar surface area (TPSA) is 15.3 Å². The standard InChI is InChI=1S/C12H26N2/c1-7-8-14(6)10-11(2)9-13-12(3,4)5/h13H,2,7-10H2,1,3-6H3. The third-order valence-electron chi connectivity index (χ3n) is 1.97. The van der Waals surface area contributed by atoms with E-state index in [1.807, 2.05) is 0 Å². The smallest absolute Gasteiger partial charge is 0.0199 e. The Morgan fingerprint density at radius 3 is 2.36 bits per heavy atom. The van der Waals surface area contributed by atoms with E-state index in [0.29, 0.717) is 0 Å². The molecule has 0 saturated heterocycles. The molecule has 0 rings (SSSR count). The largest absolute Gasteiger partial charge is 0.308 e. The van der Waals surface area contributed by atoms with Crippen molar-refractivity contribution in [3.8, 4) is 0 Å². The molecular weight excluding hydrogens is 172 g/mol. The van der Waals surface area contributed by atoms with Crippen molar-refractivity contribution in [1.29, 1.82) is 0 Å². The van der Waals surface area contributed by atoms with E-state index >= 15 is 0 Å². The van der Waals surface area contributed by atoms with Crippen LogP contribution in [0.1, 0.15) is 34.1 Å². The van der Waals surface area contributed by atoms with Crippen LogP contribution in [0.5, 0.6) is 0 Å². The summed E-state index contributed by atoms with van der Waals surface area (Å²) in [6.07, 6.45) is 1.20. The van der Waals surface area contributed by atoms with Gasteiger partial charge < -0.3 is 10.2 Å². The maximum atomic E-state index is 4.08. The molecule has 0 aromatic rings. The summed E-state index contributed by atoms with van der Waals surface area (Å²) in [6.45, 7) is 15.9. The van der Waals surface area contributed by atoms with Gasteiger partial charge in [0.25, 0.3) is 0 Å². The van der Waals surface area contributed by atoms with Crippen LogP contribution in [0.3, 0.4) is 0 Å². The second-order valence-electron chi connectivity index (χ2n) is 5.09. The van der Waals surface area contributed by atoms with Gasteiger partial charge in [0.05, 0.1) is 0 Å². The Bertz CT molecular complexity index is 168. The van der Waals surface area contributed by atoms with Crippen LogP contribution in [-0.4, -0.2) is 37.1 Å². The summed E-state index contributed by atoms with van der Waals surface area (Å²) in [5.74, 6) is 0. The second kappa shape index (κ2) is 6.20. The zero-order valence-corrected chi connectivity index (χ0v) is 10.5. The third kappa shape index (κ3) is 8.27. The SMILES string of the molecule is C=C(CNC(C)(C)C)CN(C)CCC. The van der Waals surface area contributed by atoms with Crippen LogP contribution in [0.4, 0.5) is 0 Å². The maximum Gasteiger partial charge on any atom is 0.0199 e. The lowest BCUT2D eigenvalue weighted by atomic mass is 10.1. The molecule has 0 aliphatic heterocycles. The molecule has 0 fully saturated rings. The average molecular weight is 198 g/mol. The van der Waals surface area contributed by atoms with Gasteiger partial charge in [-0.1, -0.05) is 13.5 Å². The Balaban J connectivity index is 3.65. The van der Waals surface area contributed by atoms with Crippen LogP contribution in [0.25, 0.3) is 0 Å². The van der Waals surface area contributed by atoms with Gasteiger partial charge in [-0.15, -0.1) is 0 Å². The van der Waals surface area contributed by atoms with Gasteiger partial charge in [0.1, 0.15) is 0 Å². The summed E-state index contributed by atoms with van der Waals surface area (Å²) in [6, 6.07) is 0. The average Bonchev–Trinajstić information content (AvgIpc) is 2.00. The number of hydrogen-bond acceptors (Lipinski definition) is 2. The molecule has 1 N–H and O–H groups in total. The van der Waals surface area contributed by atoms with Gasteiger partial charge in [0, 0.05) is 18.6 Å². The van der Waals surface area contributed by atoms with Crippen molar-refractivity contribution in [2.75, 3.05) is 26.7 Å². The number of nitrogens with zero attached hydrogens (tertiary/aromatic N) is 1. The zero-order chi connectivity index (χ0) is 11.2. The lowest BCUT2D eigenvalue weighted by Crippen LogP contribution is -2.38. The molecule has 0 bridgehead atoms. The predicted octanol–water partition coefficient (Wildman–Crippen LogP) is 2.27. The zero-order valence-electron chi connectivity index (χ0n) is 10.5. The molecule has 84 valence electrons. The highest BCUT2D eigenvalue weighted by Gasteiger charge is 2.09. The van der Waals surface area contributed by atoms with Crippen LogP contribution in [-0.2, 0) is 0 Å². The molecule has 0 spiro atoms. The Hall–Kier alpha value is -0.340. The molecule has 0 radical (unpaired) electrons. The van der Waals surface area contributed by atoms with E-state index in [-0.39, 0.29) is 5.54 Å². The maximum absolute atomic E-state index is 4.08. The number of likely N-dealkylation sites (N-methyl/N-ethyl adjacent to an activating group) is 1. The van der Waals surface area contributed by atoms with Gasteiger partial charge >= 0.3 is 0 Å². The van der Waals surface area contributed by atoms with Crippen LogP contribution in [0, 0.1) is 0 Å². The number of rotatable bonds is 6. The Kier molecular flexibility index (Phi) is 6.05. The summed E-state index contributed by atoms with van der Waals surface area (Å²) < 4.78 is 0. The molecule has 0 heterocycles. The Morgan fingerprint density at radius 1 is 1.36 bits per heavy atom. The molecular formula is C12H26N2. The Morgan fingerprint density at radius 2 is 1.93 bits per heavy atom. The molecule has 0 aliphatic carbocycles. The van der Waals surface area contributed by atoms with Gasteiger partial charge in [-0.3, -0.25) is 0 Å². The molecule has 0 amide bonds. The van der Waals surface area contributed by atoms with Crippen molar-refractivity contribution < 1.29 is 0 Å². The van der Waals surface area contributed by atoms with Crippen molar-refractivity contribution in [2.45, 2.75) is 39.7 Å². The summed E-state index contributed by atoms with van der Waals surface area (Å²) in [5, 5.41) is 3.44. The minimum Gasteiger partial charge on any atom is -0.308 e. The first-order chi connectivity index (χ1) is 6.35. The van der Waals surface area contributed by atoms with Gasteiger partial charge in [-0.25, -0.2) is 0 Å². The minimum atomic E-state index is 0.187. The number of nitrogens with one attached hydrogen (secondary N) is 1. The first kappa shape index (κ1) is 13.7. The van der Waals surface area contributed by atoms with Gasteiger partial charge in [-0.05, 0) is 46.4 Å². The van der Waals surface area contributed by atoms with E-state index in [9.17, 15) is 0 Å². The van der Waals surface area contributed by atoms with Crippen LogP contribution >= 0.6 is 0 Å². The van der Waals surface area contributed by atoms with Gasteiger partial charge in [-0.2, -0.15) is 0 Å². The van der Waals surface area contributed by atoms with Crippen molar-refractivity contribution in [3.05, 3.63) is 12.2 Å². The van der Waals surface area contributed by atoms with Crippen LogP contribution in [0.15, 0.2) is 12.2 Å². The highest BCUT2D eigenvalue weighted by atomic mass is 15.1. The van der Waals surface area contributed by atoms with Crippen molar-refractivity contribution >= 4 is 0 Å². The molecule has 2 nitrogen and oxygen atoms in total. The minimum absolute atomic E-state index is 0.187. The van der Waals surface area contributed by atoms with Crippen molar-refractivity contribution in [3.63, 3.8) is 0 Å². The molecule has 0 unspecified atom stereocenters. The molecule has 2 heteroatoms. The van der Waals surface area contributed by atoms with E-state index in [1.54, 1.807) is 0 Å². The highest BCUT2D eigenvalue weighted by molar-refractivity contribution is 5.00. The summed E-state index contributed by atoms with van der Waals surface area (Å²) in [4.78, 5) is 2.31. The van der Waals surface area contributed by atoms with Crippen LogP contribution < -0.4 is 5.32 Å². The molecule has 14 heavy (non-hydrogen) atoms. The Labute approximate surface area is 89.4 Å². The summed E-state index contributed by atoms with van der Waals surface area (Å²) >= 11 is 0. The highest BCUT2D eigenvalue weighted by Crippen LogP contribution is 2.01. The lowest BCUT2D eigenvalue weighted by molar-refractivity contribution is 0.353. The van der Waals surface area contributed by atoms with Crippen LogP contribution in [0.2, 0.25) is 0 Å². The molecule has 0 aromatic heterocycles. The first-order valence-corrected chi connectivity index (χ1v) is 5.45. The predicted molar refractivity (Wildman–Crippen MR) is 64.7 cm³/mol. The van der Waals surface area contributed by atoms with E-state index in [1.165, 1.54) is 12.0 Å². The number of hydrogen-bond donors (Lipinski definition) is 1. The van der Waals surface area contributed by atoms with E-state index in [4.69, 9.17) is 0 Å². The molecule has 0 aromatic carbocycles. The third-order valence-corrected chi connectivity index (χ3v) is 1.97. The van der Waals surface area contributed by atoms with Gasteiger partial charge in [0.2, 0.25) is 0 Å². The summed E-state index contributed by atoms with van der Waals surface area (Å²) in [5.41, 5.74) is 1.45. The molecule has 0 aliphatic rings. The summed E-state index contributed by atoms with van der Waals surface area (Å²) in [7, 11) is 2.14. The monoisotopic (exact) mass is 198 g/mol. The van der Waals surface area contributed by atoms with Gasteiger partial charge in [0.15, 0.2) is 0 Å². The first-order valence-electron chi connectivity index (χ1n) is 5.45. The lowest BCUT2D eigenvalue weighted by Gasteiger charge is -2.23. The van der Waals surface area contributed by atoms with Crippen molar-refractivity contribution in [2.24, 2.45) is 0 Å². The normalized spacial score (nSPS) is 12.1. The van der Waals surface area contributed by atoms with E-state index in [2.05, 4.69) is 51.5 Å². The quantitative estimate of drug-likeness (QED) is 0.659.